The number of aromatic nitrogens is 3. The lowest BCUT2D eigenvalue weighted by molar-refractivity contribution is 1.17. The second-order valence-corrected chi connectivity index (χ2v) is 5.97. The molecular formula is C15H16N4S. The van der Waals surface area contributed by atoms with Crippen LogP contribution in [0.15, 0.2) is 18.2 Å². The maximum atomic E-state index is 4.71. The monoisotopic (exact) mass is 284 g/mol. The van der Waals surface area contributed by atoms with E-state index < -0.39 is 0 Å². The van der Waals surface area contributed by atoms with Crippen molar-refractivity contribution < 1.29 is 0 Å². The predicted molar refractivity (Wildman–Crippen MR) is 84.4 cm³/mol. The summed E-state index contributed by atoms with van der Waals surface area (Å²) in [7, 11) is 1.89. The summed E-state index contributed by atoms with van der Waals surface area (Å²) in [6, 6.07) is 6.13. The number of nitrogens with one attached hydrogen (secondary N) is 1. The molecule has 0 saturated carbocycles. The van der Waals surface area contributed by atoms with Crippen molar-refractivity contribution in [2.75, 3.05) is 12.4 Å². The molecular weight excluding hydrogens is 268 g/mol. The van der Waals surface area contributed by atoms with Gasteiger partial charge in [-0.1, -0.05) is 12.1 Å². The number of anilines is 1. The topological polar surface area (TPSA) is 50.7 Å². The average Bonchev–Trinajstić information content (AvgIpc) is 2.76. The number of nitrogens with zero attached hydrogens (tertiary/aromatic N) is 3. The molecule has 0 radical (unpaired) electrons. The van der Waals surface area contributed by atoms with Crippen molar-refractivity contribution >= 4 is 28.1 Å². The first-order valence-corrected chi connectivity index (χ1v) is 7.31. The number of thiazole rings is 1. The highest BCUT2D eigenvalue weighted by atomic mass is 32.1. The molecule has 2 aromatic heterocycles. The van der Waals surface area contributed by atoms with Gasteiger partial charge in [-0.15, -0.1) is 11.3 Å². The molecule has 0 aliphatic rings. The van der Waals surface area contributed by atoms with Gasteiger partial charge in [0, 0.05) is 12.4 Å². The fourth-order valence-corrected chi connectivity index (χ4v) is 3.23. The molecule has 0 unspecified atom stereocenters. The van der Waals surface area contributed by atoms with Crippen molar-refractivity contribution in [2.24, 2.45) is 0 Å². The molecule has 0 spiro atoms. The van der Waals surface area contributed by atoms with Crippen molar-refractivity contribution in [1.29, 1.82) is 0 Å². The third-order valence-electron chi connectivity index (χ3n) is 3.28. The van der Waals surface area contributed by atoms with E-state index in [1.807, 2.05) is 33.0 Å². The highest BCUT2D eigenvalue weighted by Gasteiger charge is 2.14. The predicted octanol–water partition coefficient (Wildman–Crippen LogP) is 3.72. The Morgan fingerprint density at radius 2 is 1.85 bits per heavy atom. The van der Waals surface area contributed by atoms with Crippen molar-refractivity contribution in [3.05, 3.63) is 34.5 Å². The molecule has 0 bridgehead atoms. The molecule has 0 amide bonds. The third-order valence-corrected chi connectivity index (χ3v) is 4.34. The Kier molecular flexibility index (Phi) is 3.14. The summed E-state index contributed by atoms with van der Waals surface area (Å²) in [6.07, 6.45) is 0. The summed E-state index contributed by atoms with van der Waals surface area (Å²) in [5, 5.41) is 5.30. The van der Waals surface area contributed by atoms with Gasteiger partial charge in [-0.05, 0) is 32.4 Å². The molecule has 0 aliphatic heterocycles. The number of hydrogen-bond donors (Lipinski definition) is 1. The van der Waals surface area contributed by atoms with Crippen LogP contribution in [0.2, 0.25) is 0 Å². The van der Waals surface area contributed by atoms with E-state index in [9.17, 15) is 0 Å². The molecule has 0 saturated heterocycles. The largest absolute Gasteiger partial charge is 0.373 e. The fourth-order valence-electron chi connectivity index (χ4n) is 2.38. The fraction of sp³-hybridized carbons (Fsp3) is 0.267. The molecule has 102 valence electrons. The molecule has 1 aromatic carbocycles. The Bertz CT molecular complexity index is 792. The van der Waals surface area contributed by atoms with E-state index in [1.54, 1.807) is 11.3 Å². The molecule has 2 heterocycles. The van der Waals surface area contributed by atoms with Gasteiger partial charge in [0.05, 0.1) is 21.1 Å². The summed E-state index contributed by atoms with van der Waals surface area (Å²) in [5.74, 6) is 1.61. The van der Waals surface area contributed by atoms with Gasteiger partial charge in [0.1, 0.15) is 5.82 Å². The standard InChI is InChI=1S/C15H16N4S/c1-8-6-5-7-11-12(8)14(16-4)19-15(18-11)13-9(2)17-10(3)20-13/h5-7H,1-4H3,(H,16,18,19). The van der Waals surface area contributed by atoms with E-state index in [1.165, 1.54) is 5.56 Å². The average molecular weight is 284 g/mol. The summed E-state index contributed by atoms with van der Waals surface area (Å²) in [5.41, 5.74) is 3.13. The van der Waals surface area contributed by atoms with Crippen molar-refractivity contribution in [1.82, 2.24) is 15.0 Å². The Morgan fingerprint density at radius 1 is 1.05 bits per heavy atom. The molecule has 4 nitrogen and oxygen atoms in total. The molecule has 0 aliphatic carbocycles. The molecule has 0 fully saturated rings. The van der Waals surface area contributed by atoms with Crippen LogP contribution < -0.4 is 5.32 Å². The molecule has 5 heteroatoms. The zero-order valence-electron chi connectivity index (χ0n) is 12.0. The van der Waals surface area contributed by atoms with Crippen molar-refractivity contribution in [2.45, 2.75) is 20.8 Å². The first kappa shape index (κ1) is 13.0. The van der Waals surface area contributed by atoms with Crippen LogP contribution in [0.4, 0.5) is 5.82 Å². The van der Waals surface area contributed by atoms with Gasteiger partial charge in [-0.3, -0.25) is 0 Å². The number of fused-ring (bicyclic) bond motifs is 1. The van der Waals surface area contributed by atoms with Crippen molar-refractivity contribution in [3.8, 4) is 10.7 Å². The first-order chi connectivity index (χ1) is 9.60. The molecule has 0 atom stereocenters. The van der Waals surface area contributed by atoms with E-state index in [2.05, 4.69) is 28.3 Å². The van der Waals surface area contributed by atoms with Gasteiger partial charge >= 0.3 is 0 Å². The second kappa shape index (κ2) is 4.83. The van der Waals surface area contributed by atoms with Crippen LogP contribution >= 0.6 is 11.3 Å². The molecule has 3 aromatic rings. The summed E-state index contributed by atoms with van der Waals surface area (Å²) in [4.78, 5) is 14.9. The van der Waals surface area contributed by atoms with Crippen LogP contribution in [0.5, 0.6) is 0 Å². The summed E-state index contributed by atoms with van der Waals surface area (Å²) in [6.45, 7) is 6.08. The Morgan fingerprint density at radius 3 is 2.50 bits per heavy atom. The maximum Gasteiger partial charge on any atom is 0.174 e. The highest BCUT2D eigenvalue weighted by Crippen LogP contribution is 2.31. The number of aryl methyl sites for hydroxylation is 3. The molecule has 1 N–H and O–H groups in total. The van der Waals surface area contributed by atoms with Crippen LogP contribution in [-0.4, -0.2) is 22.0 Å². The minimum absolute atomic E-state index is 0.746. The smallest absolute Gasteiger partial charge is 0.174 e. The van der Waals surface area contributed by atoms with Gasteiger partial charge in [-0.25, -0.2) is 15.0 Å². The minimum atomic E-state index is 0.746. The van der Waals surface area contributed by atoms with Gasteiger partial charge in [-0.2, -0.15) is 0 Å². The van der Waals surface area contributed by atoms with E-state index in [0.29, 0.717) is 0 Å². The quantitative estimate of drug-likeness (QED) is 0.779. The SMILES string of the molecule is CNc1nc(-c2sc(C)nc2C)nc2cccc(C)c12. The minimum Gasteiger partial charge on any atom is -0.373 e. The Balaban J connectivity index is 2.31. The third kappa shape index (κ3) is 2.04. The van der Waals surface area contributed by atoms with Gasteiger partial charge in [0.15, 0.2) is 5.82 Å². The second-order valence-electron chi connectivity index (χ2n) is 4.76. The number of hydrogen-bond acceptors (Lipinski definition) is 5. The lowest BCUT2D eigenvalue weighted by atomic mass is 10.1. The van der Waals surface area contributed by atoms with E-state index in [4.69, 9.17) is 4.98 Å². The molecule has 20 heavy (non-hydrogen) atoms. The molecule has 3 rings (SSSR count). The Hall–Kier alpha value is -2.01. The first-order valence-electron chi connectivity index (χ1n) is 6.49. The van der Waals surface area contributed by atoms with Gasteiger partial charge in [0.2, 0.25) is 0 Å². The maximum absolute atomic E-state index is 4.71. The zero-order chi connectivity index (χ0) is 14.3. The Labute approximate surface area is 121 Å². The van der Waals surface area contributed by atoms with Crippen LogP contribution in [0.25, 0.3) is 21.6 Å². The number of rotatable bonds is 2. The van der Waals surface area contributed by atoms with Crippen LogP contribution in [0, 0.1) is 20.8 Å². The lowest BCUT2D eigenvalue weighted by Gasteiger charge is -2.09. The highest BCUT2D eigenvalue weighted by molar-refractivity contribution is 7.15. The van der Waals surface area contributed by atoms with E-state index in [-0.39, 0.29) is 0 Å². The van der Waals surface area contributed by atoms with Crippen LogP contribution in [-0.2, 0) is 0 Å². The summed E-state index contributed by atoms with van der Waals surface area (Å²) < 4.78 is 0. The number of benzene rings is 1. The lowest BCUT2D eigenvalue weighted by Crippen LogP contribution is -1.99. The van der Waals surface area contributed by atoms with Gasteiger partial charge in [0.25, 0.3) is 0 Å². The zero-order valence-corrected chi connectivity index (χ0v) is 12.8. The summed E-state index contributed by atoms with van der Waals surface area (Å²) >= 11 is 1.64. The van der Waals surface area contributed by atoms with Crippen LogP contribution in [0.1, 0.15) is 16.3 Å². The van der Waals surface area contributed by atoms with Crippen molar-refractivity contribution in [3.63, 3.8) is 0 Å². The van der Waals surface area contributed by atoms with Crippen LogP contribution in [0.3, 0.4) is 0 Å². The van der Waals surface area contributed by atoms with E-state index in [0.717, 1.165) is 38.1 Å². The van der Waals surface area contributed by atoms with Gasteiger partial charge < -0.3 is 5.32 Å². The normalized spacial score (nSPS) is 11.0. The van der Waals surface area contributed by atoms with E-state index >= 15 is 0 Å².